The lowest BCUT2D eigenvalue weighted by atomic mass is 10.2. The van der Waals surface area contributed by atoms with Crippen molar-refractivity contribution in [1.29, 1.82) is 0 Å². The van der Waals surface area contributed by atoms with Crippen LogP contribution in [-0.4, -0.2) is 38.7 Å². The van der Waals surface area contributed by atoms with Crippen molar-refractivity contribution >= 4 is 28.9 Å². The van der Waals surface area contributed by atoms with Crippen LogP contribution in [0.25, 0.3) is 0 Å². The van der Waals surface area contributed by atoms with Crippen LogP contribution < -0.4 is 11.1 Å². The zero-order valence-electron chi connectivity index (χ0n) is 11.3. The highest BCUT2D eigenvalue weighted by Gasteiger charge is 2.19. The Labute approximate surface area is 126 Å². The molecule has 1 aromatic heterocycles. The van der Waals surface area contributed by atoms with Gasteiger partial charge in [0.25, 0.3) is 0 Å². The molecule has 1 aliphatic heterocycles. The van der Waals surface area contributed by atoms with Crippen molar-refractivity contribution in [2.24, 2.45) is 0 Å². The Balaban J connectivity index is 1.61. The topological polar surface area (TPSA) is 89.1 Å². The van der Waals surface area contributed by atoms with Gasteiger partial charge >= 0.3 is 0 Å². The first kappa shape index (κ1) is 13.8. The molecular weight excluding hydrogens is 292 g/mol. The Morgan fingerprint density at radius 2 is 2.29 bits per heavy atom. The van der Waals surface area contributed by atoms with Crippen molar-refractivity contribution in [3.8, 4) is 0 Å². The molecule has 7 nitrogen and oxygen atoms in total. The van der Waals surface area contributed by atoms with Gasteiger partial charge in [0.15, 0.2) is 0 Å². The Morgan fingerprint density at radius 1 is 1.43 bits per heavy atom. The zero-order chi connectivity index (χ0) is 14.8. The molecule has 0 radical (unpaired) electrons. The number of nitrogens with zero attached hydrogens (tertiary/aromatic N) is 4. The molecule has 2 heterocycles. The maximum absolute atomic E-state index is 12.1. The summed E-state index contributed by atoms with van der Waals surface area (Å²) in [6.07, 6.45) is 1.71. The normalized spacial score (nSPS) is 14.7. The van der Waals surface area contributed by atoms with Gasteiger partial charge < -0.3 is 15.6 Å². The third kappa shape index (κ3) is 3.14. The molecule has 0 atom stereocenters. The minimum atomic E-state index is -0.128. The summed E-state index contributed by atoms with van der Waals surface area (Å²) in [7, 11) is 0. The molecule has 1 amide bonds. The number of rotatable bonds is 3. The third-order valence-electron chi connectivity index (χ3n) is 3.37. The van der Waals surface area contributed by atoms with Gasteiger partial charge in [-0.25, -0.2) is 0 Å². The van der Waals surface area contributed by atoms with E-state index < -0.39 is 0 Å². The van der Waals surface area contributed by atoms with E-state index in [-0.39, 0.29) is 12.5 Å². The lowest BCUT2D eigenvalue weighted by molar-refractivity contribution is -0.117. The Hall–Kier alpha value is -2.12. The molecule has 0 saturated heterocycles. The third-order valence-corrected chi connectivity index (χ3v) is 3.61. The fourth-order valence-corrected chi connectivity index (χ4v) is 2.45. The first-order valence-electron chi connectivity index (χ1n) is 6.56. The van der Waals surface area contributed by atoms with Crippen molar-refractivity contribution < 1.29 is 4.79 Å². The van der Waals surface area contributed by atoms with Crippen LogP contribution in [0.15, 0.2) is 24.5 Å². The number of nitrogens with two attached hydrogens (primary N) is 1. The molecule has 8 heteroatoms. The van der Waals surface area contributed by atoms with E-state index in [4.69, 9.17) is 17.3 Å². The molecule has 0 fully saturated rings. The van der Waals surface area contributed by atoms with Crippen LogP contribution in [0.5, 0.6) is 0 Å². The van der Waals surface area contributed by atoms with Crippen LogP contribution in [0.2, 0.25) is 5.02 Å². The van der Waals surface area contributed by atoms with Crippen molar-refractivity contribution in [2.45, 2.75) is 13.1 Å². The van der Waals surface area contributed by atoms with Gasteiger partial charge in [-0.1, -0.05) is 11.6 Å². The van der Waals surface area contributed by atoms with Crippen LogP contribution in [0.4, 0.5) is 11.4 Å². The number of hydrogen-bond acceptors (Lipinski definition) is 5. The van der Waals surface area contributed by atoms with Gasteiger partial charge in [0.05, 0.1) is 24.5 Å². The standard InChI is InChI=1S/C13H15ClN6O/c14-9-1-2-10(15)11(5-9)17-13(21)7-19-3-4-20-8-16-18-12(20)6-19/h1-2,5,8H,3-4,6-7,15H2,(H,17,21). The molecule has 0 unspecified atom stereocenters. The van der Waals surface area contributed by atoms with E-state index in [1.54, 1.807) is 24.5 Å². The van der Waals surface area contributed by atoms with Gasteiger partial charge in [0, 0.05) is 18.1 Å². The van der Waals surface area contributed by atoms with Crippen LogP contribution in [-0.2, 0) is 17.9 Å². The number of amides is 1. The van der Waals surface area contributed by atoms with Crippen LogP contribution in [0.3, 0.4) is 0 Å². The number of fused-ring (bicyclic) bond motifs is 1. The van der Waals surface area contributed by atoms with Crippen LogP contribution >= 0.6 is 11.6 Å². The summed E-state index contributed by atoms with van der Waals surface area (Å²) in [5.74, 6) is 0.744. The van der Waals surface area contributed by atoms with Crippen molar-refractivity contribution in [3.63, 3.8) is 0 Å². The van der Waals surface area contributed by atoms with Crippen molar-refractivity contribution in [3.05, 3.63) is 35.4 Å². The minimum absolute atomic E-state index is 0.128. The molecule has 1 aromatic carbocycles. The highest BCUT2D eigenvalue weighted by molar-refractivity contribution is 6.31. The highest BCUT2D eigenvalue weighted by atomic mass is 35.5. The van der Waals surface area contributed by atoms with E-state index in [2.05, 4.69) is 15.5 Å². The molecular formula is C13H15ClN6O. The number of benzene rings is 1. The first-order chi connectivity index (χ1) is 10.1. The van der Waals surface area contributed by atoms with Crippen LogP contribution in [0.1, 0.15) is 5.82 Å². The summed E-state index contributed by atoms with van der Waals surface area (Å²) in [5, 5.41) is 11.2. The molecule has 21 heavy (non-hydrogen) atoms. The Morgan fingerprint density at radius 3 is 3.14 bits per heavy atom. The van der Waals surface area contributed by atoms with E-state index in [1.807, 2.05) is 9.47 Å². The fraction of sp³-hybridized carbons (Fsp3) is 0.308. The average molecular weight is 307 g/mol. The molecule has 0 bridgehead atoms. The average Bonchev–Trinajstić information content (AvgIpc) is 2.90. The van der Waals surface area contributed by atoms with Gasteiger partial charge in [-0.15, -0.1) is 10.2 Å². The predicted octanol–water partition coefficient (Wildman–Crippen LogP) is 0.968. The maximum Gasteiger partial charge on any atom is 0.238 e. The monoisotopic (exact) mass is 306 g/mol. The van der Waals surface area contributed by atoms with Gasteiger partial charge in [-0.2, -0.15) is 0 Å². The van der Waals surface area contributed by atoms with Gasteiger partial charge in [0.1, 0.15) is 12.2 Å². The lowest BCUT2D eigenvalue weighted by Crippen LogP contribution is -2.39. The number of carbonyl (C=O) groups is 1. The predicted molar refractivity (Wildman–Crippen MR) is 79.8 cm³/mol. The molecule has 2 aromatic rings. The van der Waals surface area contributed by atoms with E-state index in [0.29, 0.717) is 22.9 Å². The lowest BCUT2D eigenvalue weighted by Gasteiger charge is -2.26. The number of anilines is 2. The number of halogens is 1. The first-order valence-corrected chi connectivity index (χ1v) is 6.93. The summed E-state index contributed by atoms with van der Waals surface area (Å²) in [6, 6.07) is 4.99. The highest BCUT2D eigenvalue weighted by Crippen LogP contribution is 2.22. The number of nitrogen functional groups attached to an aromatic ring is 1. The number of carbonyl (C=O) groups excluding carboxylic acids is 1. The molecule has 3 rings (SSSR count). The Bertz CT molecular complexity index is 670. The fourth-order valence-electron chi connectivity index (χ4n) is 2.28. The second-order valence-electron chi connectivity index (χ2n) is 4.93. The maximum atomic E-state index is 12.1. The molecule has 3 N–H and O–H groups in total. The molecule has 0 spiro atoms. The van der Waals surface area contributed by atoms with E-state index >= 15 is 0 Å². The minimum Gasteiger partial charge on any atom is -0.397 e. The molecule has 0 aliphatic carbocycles. The Kier molecular flexibility index (Phi) is 3.76. The summed E-state index contributed by atoms with van der Waals surface area (Å²) in [4.78, 5) is 14.1. The van der Waals surface area contributed by atoms with Crippen molar-refractivity contribution in [1.82, 2.24) is 19.7 Å². The van der Waals surface area contributed by atoms with Gasteiger partial charge in [-0.3, -0.25) is 9.69 Å². The number of nitrogens with one attached hydrogen (secondary N) is 1. The van der Waals surface area contributed by atoms with E-state index in [0.717, 1.165) is 18.9 Å². The summed E-state index contributed by atoms with van der Waals surface area (Å²) in [6.45, 7) is 2.45. The van der Waals surface area contributed by atoms with Gasteiger partial charge in [-0.05, 0) is 18.2 Å². The number of aromatic nitrogens is 3. The largest absolute Gasteiger partial charge is 0.397 e. The molecule has 110 valence electrons. The number of hydrogen-bond donors (Lipinski definition) is 2. The SMILES string of the molecule is Nc1ccc(Cl)cc1NC(=O)CN1CCn2cnnc2C1. The summed E-state index contributed by atoms with van der Waals surface area (Å²) < 4.78 is 1.99. The smallest absolute Gasteiger partial charge is 0.238 e. The second-order valence-corrected chi connectivity index (χ2v) is 5.37. The quantitative estimate of drug-likeness (QED) is 0.825. The summed E-state index contributed by atoms with van der Waals surface area (Å²) in [5.41, 5.74) is 6.84. The van der Waals surface area contributed by atoms with Gasteiger partial charge in [0.2, 0.25) is 5.91 Å². The molecule has 0 saturated carbocycles. The zero-order valence-corrected chi connectivity index (χ0v) is 12.0. The summed E-state index contributed by atoms with van der Waals surface area (Å²) >= 11 is 5.90. The van der Waals surface area contributed by atoms with Crippen molar-refractivity contribution in [2.75, 3.05) is 24.1 Å². The van der Waals surface area contributed by atoms with E-state index in [1.165, 1.54) is 0 Å². The van der Waals surface area contributed by atoms with E-state index in [9.17, 15) is 4.79 Å². The molecule has 1 aliphatic rings. The van der Waals surface area contributed by atoms with Crippen LogP contribution in [0, 0.1) is 0 Å². The second kappa shape index (κ2) is 5.71.